The Bertz CT molecular complexity index is 218. The second-order valence-electron chi connectivity index (χ2n) is 4.74. The molecule has 0 unspecified atom stereocenters. The van der Waals surface area contributed by atoms with Crippen LogP contribution in [0.5, 0.6) is 0 Å². The Morgan fingerprint density at radius 3 is 2.50 bits per heavy atom. The van der Waals surface area contributed by atoms with Crippen LogP contribution in [-0.2, 0) is 0 Å². The van der Waals surface area contributed by atoms with Crippen molar-refractivity contribution in [2.45, 2.75) is 46.2 Å². The molecule has 3 nitrogen and oxygen atoms in total. The van der Waals surface area contributed by atoms with Crippen LogP contribution in [0, 0.1) is 0 Å². The van der Waals surface area contributed by atoms with Gasteiger partial charge in [0, 0.05) is 37.5 Å². The van der Waals surface area contributed by atoms with Crippen LogP contribution in [-0.4, -0.2) is 47.5 Å². The zero-order chi connectivity index (χ0) is 12.0. The van der Waals surface area contributed by atoms with E-state index in [4.69, 9.17) is 0 Å². The third-order valence-electron chi connectivity index (χ3n) is 2.77. The van der Waals surface area contributed by atoms with E-state index in [0.29, 0.717) is 12.1 Å². The van der Waals surface area contributed by atoms with Crippen molar-refractivity contribution < 1.29 is 0 Å². The van der Waals surface area contributed by atoms with Crippen molar-refractivity contribution >= 4 is 16.9 Å². The second kappa shape index (κ2) is 7.17. The van der Waals surface area contributed by atoms with Gasteiger partial charge in [0.1, 0.15) is 0 Å². The molecule has 0 aromatic rings. The number of hydrogen-bond acceptors (Lipinski definition) is 4. The van der Waals surface area contributed by atoms with Gasteiger partial charge in [-0.15, -0.1) is 0 Å². The number of thioether (sulfide) groups is 1. The summed E-state index contributed by atoms with van der Waals surface area (Å²) in [5, 5.41) is 4.57. The van der Waals surface area contributed by atoms with E-state index < -0.39 is 0 Å². The molecule has 0 bridgehead atoms. The van der Waals surface area contributed by atoms with E-state index in [1.54, 1.807) is 0 Å². The molecule has 94 valence electrons. The summed E-state index contributed by atoms with van der Waals surface area (Å²) < 4.78 is 0. The maximum atomic E-state index is 4.47. The molecule has 1 N–H and O–H groups in total. The van der Waals surface area contributed by atoms with Gasteiger partial charge in [0.25, 0.3) is 0 Å². The van der Waals surface area contributed by atoms with Gasteiger partial charge < -0.3 is 5.32 Å². The molecule has 0 amide bonds. The summed E-state index contributed by atoms with van der Waals surface area (Å²) in [5.74, 6) is 1.21. The molecule has 1 aliphatic rings. The maximum absolute atomic E-state index is 4.47. The van der Waals surface area contributed by atoms with Crippen molar-refractivity contribution in [3.05, 3.63) is 0 Å². The zero-order valence-electron chi connectivity index (χ0n) is 11.0. The molecule has 1 aliphatic heterocycles. The molecule has 0 aromatic heterocycles. The fourth-order valence-electron chi connectivity index (χ4n) is 1.97. The highest BCUT2D eigenvalue weighted by atomic mass is 32.2. The topological polar surface area (TPSA) is 27.6 Å². The van der Waals surface area contributed by atoms with Gasteiger partial charge in [-0.25, -0.2) is 0 Å². The van der Waals surface area contributed by atoms with Gasteiger partial charge in [-0.3, -0.25) is 9.89 Å². The van der Waals surface area contributed by atoms with E-state index in [0.717, 1.165) is 24.8 Å². The summed E-state index contributed by atoms with van der Waals surface area (Å²) in [7, 11) is 0. The van der Waals surface area contributed by atoms with Gasteiger partial charge in [-0.05, 0) is 34.1 Å². The molecule has 1 heterocycles. The average Bonchev–Trinajstić information content (AvgIpc) is 2.24. The molecule has 0 saturated carbocycles. The summed E-state index contributed by atoms with van der Waals surface area (Å²) >= 11 is 1.85. The third-order valence-corrected chi connectivity index (χ3v) is 3.81. The first-order chi connectivity index (χ1) is 7.61. The highest BCUT2D eigenvalue weighted by Crippen LogP contribution is 2.10. The Hall–Kier alpha value is -0.220. The molecular formula is C12H25N3S. The smallest absolute Gasteiger partial charge is 0.156 e. The Morgan fingerprint density at radius 2 is 2.00 bits per heavy atom. The largest absolute Gasteiger partial charge is 0.364 e. The van der Waals surface area contributed by atoms with Crippen molar-refractivity contribution in [1.82, 2.24) is 10.2 Å². The molecule has 1 rings (SSSR count). The molecule has 0 fully saturated rings. The summed E-state index contributed by atoms with van der Waals surface area (Å²) in [5.41, 5.74) is 0. The van der Waals surface area contributed by atoms with Gasteiger partial charge in [-0.1, -0.05) is 11.8 Å². The van der Waals surface area contributed by atoms with Crippen LogP contribution in [0.15, 0.2) is 4.99 Å². The normalized spacial score (nSPS) is 17.1. The van der Waals surface area contributed by atoms with Crippen LogP contribution in [0.2, 0.25) is 0 Å². The first-order valence-corrected chi connectivity index (χ1v) is 7.26. The lowest BCUT2D eigenvalue weighted by Crippen LogP contribution is -2.42. The zero-order valence-corrected chi connectivity index (χ0v) is 11.8. The van der Waals surface area contributed by atoms with E-state index >= 15 is 0 Å². The first-order valence-electron chi connectivity index (χ1n) is 6.28. The quantitative estimate of drug-likeness (QED) is 0.802. The molecule has 0 spiro atoms. The molecular weight excluding hydrogens is 218 g/mol. The molecule has 0 saturated heterocycles. The first kappa shape index (κ1) is 13.8. The van der Waals surface area contributed by atoms with Crippen LogP contribution in [0.3, 0.4) is 0 Å². The Morgan fingerprint density at radius 1 is 1.31 bits per heavy atom. The van der Waals surface area contributed by atoms with Gasteiger partial charge in [-0.2, -0.15) is 0 Å². The maximum Gasteiger partial charge on any atom is 0.156 e. The van der Waals surface area contributed by atoms with Gasteiger partial charge in [0.15, 0.2) is 5.17 Å². The summed E-state index contributed by atoms with van der Waals surface area (Å²) in [4.78, 5) is 6.97. The second-order valence-corrected chi connectivity index (χ2v) is 5.82. The van der Waals surface area contributed by atoms with Crippen molar-refractivity contribution in [2.75, 3.05) is 25.4 Å². The lowest BCUT2D eigenvalue weighted by atomic mass is 10.2. The molecule has 0 radical (unpaired) electrons. The van der Waals surface area contributed by atoms with E-state index in [1.165, 1.54) is 12.2 Å². The van der Waals surface area contributed by atoms with Crippen molar-refractivity contribution in [1.29, 1.82) is 0 Å². The molecule has 0 aromatic carbocycles. The minimum atomic E-state index is 0.614. The molecule has 0 aliphatic carbocycles. The highest BCUT2D eigenvalue weighted by molar-refractivity contribution is 8.13. The summed E-state index contributed by atoms with van der Waals surface area (Å²) in [6.45, 7) is 12.1. The van der Waals surface area contributed by atoms with E-state index in [1.807, 2.05) is 11.8 Å². The van der Waals surface area contributed by atoms with E-state index in [-0.39, 0.29) is 0 Å². The SMILES string of the molecule is CC(C)N(CCNC1=NCCCS1)C(C)C. The Kier molecular flexibility index (Phi) is 6.21. The average molecular weight is 243 g/mol. The number of aliphatic imine (C=N–C) groups is 1. The van der Waals surface area contributed by atoms with E-state index in [2.05, 4.69) is 42.9 Å². The van der Waals surface area contributed by atoms with Crippen LogP contribution < -0.4 is 5.32 Å². The molecule has 4 heteroatoms. The lowest BCUT2D eigenvalue weighted by Gasteiger charge is -2.30. The number of amidine groups is 1. The fourth-order valence-corrected chi connectivity index (χ4v) is 2.82. The number of nitrogens with zero attached hydrogens (tertiary/aromatic N) is 2. The van der Waals surface area contributed by atoms with E-state index in [9.17, 15) is 0 Å². The Labute approximate surface area is 104 Å². The van der Waals surface area contributed by atoms with Gasteiger partial charge in [0.2, 0.25) is 0 Å². The number of hydrogen-bond donors (Lipinski definition) is 1. The van der Waals surface area contributed by atoms with Gasteiger partial charge in [0.05, 0.1) is 0 Å². The predicted octanol–water partition coefficient (Wildman–Crippen LogP) is 2.19. The number of nitrogens with one attached hydrogen (secondary N) is 1. The number of rotatable bonds is 5. The van der Waals surface area contributed by atoms with Crippen molar-refractivity contribution in [3.63, 3.8) is 0 Å². The molecule has 0 atom stereocenters. The standard InChI is InChI=1S/C12H25N3S/c1-10(2)15(11(3)4)8-7-14-12-13-6-5-9-16-12/h10-11H,5-9H2,1-4H3,(H,13,14). The monoisotopic (exact) mass is 243 g/mol. The third kappa shape index (κ3) is 4.74. The Balaban J connectivity index is 2.24. The fraction of sp³-hybridized carbons (Fsp3) is 0.917. The summed E-state index contributed by atoms with van der Waals surface area (Å²) in [6, 6.07) is 1.23. The minimum Gasteiger partial charge on any atom is -0.364 e. The van der Waals surface area contributed by atoms with Crippen LogP contribution >= 0.6 is 11.8 Å². The van der Waals surface area contributed by atoms with Crippen molar-refractivity contribution in [3.8, 4) is 0 Å². The minimum absolute atomic E-state index is 0.614. The van der Waals surface area contributed by atoms with Crippen LogP contribution in [0.25, 0.3) is 0 Å². The molecule has 16 heavy (non-hydrogen) atoms. The predicted molar refractivity (Wildman–Crippen MR) is 74.4 cm³/mol. The van der Waals surface area contributed by atoms with Crippen LogP contribution in [0.4, 0.5) is 0 Å². The lowest BCUT2D eigenvalue weighted by molar-refractivity contribution is 0.178. The van der Waals surface area contributed by atoms with Gasteiger partial charge >= 0.3 is 0 Å². The highest BCUT2D eigenvalue weighted by Gasteiger charge is 2.13. The van der Waals surface area contributed by atoms with Crippen LogP contribution in [0.1, 0.15) is 34.1 Å². The van der Waals surface area contributed by atoms with Crippen molar-refractivity contribution in [2.24, 2.45) is 4.99 Å². The summed E-state index contributed by atoms with van der Waals surface area (Å²) in [6.07, 6.45) is 1.22.